The number of hydrogen-bond donors (Lipinski definition) is 1. The van der Waals surface area contributed by atoms with Crippen molar-refractivity contribution in [2.75, 3.05) is 5.75 Å². The van der Waals surface area contributed by atoms with E-state index in [1.54, 1.807) is 11.8 Å². The zero-order valence-electron chi connectivity index (χ0n) is 9.04. The maximum absolute atomic E-state index is 6.12. The van der Waals surface area contributed by atoms with Gasteiger partial charge in [0.2, 0.25) is 0 Å². The molecule has 2 N–H and O–H groups in total. The summed E-state index contributed by atoms with van der Waals surface area (Å²) in [6.07, 6.45) is 0. The van der Waals surface area contributed by atoms with Crippen LogP contribution in [-0.2, 0) is 0 Å². The first-order valence-corrected chi connectivity index (χ1v) is 6.33. The lowest BCUT2D eigenvalue weighted by molar-refractivity contribution is 0.831. The Morgan fingerprint density at radius 1 is 0.875 bits per heavy atom. The first-order valence-electron chi connectivity index (χ1n) is 5.34. The molecule has 0 aliphatic carbocycles. The molecular formula is C14H15NS. The lowest BCUT2D eigenvalue weighted by atomic mass is 10.1. The summed E-state index contributed by atoms with van der Waals surface area (Å²) < 4.78 is 0. The van der Waals surface area contributed by atoms with Gasteiger partial charge in [0.1, 0.15) is 0 Å². The van der Waals surface area contributed by atoms with Gasteiger partial charge in [-0.15, -0.1) is 11.8 Å². The summed E-state index contributed by atoms with van der Waals surface area (Å²) in [5.41, 5.74) is 7.32. The topological polar surface area (TPSA) is 26.0 Å². The van der Waals surface area contributed by atoms with Crippen molar-refractivity contribution in [1.29, 1.82) is 0 Å². The van der Waals surface area contributed by atoms with Gasteiger partial charge in [-0.05, 0) is 17.7 Å². The van der Waals surface area contributed by atoms with E-state index in [1.807, 2.05) is 24.3 Å². The van der Waals surface area contributed by atoms with Crippen LogP contribution >= 0.6 is 11.8 Å². The van der Waals surface area contributed by atoms with Crippen molar-refractivity contribution >= 4 is 11.8 Å². The minimum absolute atomic E-state index is 0.103. The summed E-state index contributed by atoms with van der Waals surface area (Å²) in [6.45, 7) is 0. The molecule has 2 rings (SSSR count). The van der Waals surface area contributed by atoms with Crippen LogP contribution in [0, 0.1) is 0 Å². The summed E-state index contributed by atoms with van der Waals surface area (Å²) in [6, 6.07) is 20.7. The van der Waals surface area contributed by atoms with E-state index in [4.69, 9.17) is 5.73 Å². The maximum Gasteiger partial charge on any atom is 0.0390 e. The molecule has 0 heterocycles. The van der Waals surface area contributed by atoms with Crippen LogP contribution in [0.2, 0.25) is 0 Å². The van der Waals surface area contributed by atoms with E-state index in [0.717, 1.165) is 5.75 Å². The molecule has 0 aromatic heterocycles. The van der Waals surface area contributed by atoms with Crippen molar-refractivity contribution in [1.82, 2.24) is 0 Å². The average Bonchev–Trinajstić information content (AvgIpc) is 2.38. The molecule has 0 unspecified atom stereocenters. The van der Waals surface area contributed by atoms with E-state index >= 15 is 0 Å². The first-order chi connectivity index (χ1) is 7.86. The van der Waals surface area contributed by atoms with Crippen LogP contribution in [0.1, 0.15) is 11.6 Å². The highest BCUT2D eigenvalue weighted by Crippen LogP contribution is 2.22. The van der Waals surface area contributed by atoms with E-state index in [9.17, 15) is 0 Å². The van der Waals surface area contributed by atoms with Crippen LogP contribution in [0.15, 0.2) is 65.6 Å². The van der Waals surface area contributed by atoms with Gasteiger partial charge in [0, 0.05) is 16.7 Å². The Balaban J connectivity index is 1.92. The van der Waals surface area contributed by atoms with Crippen molar-refractivity contribution in [2.45, 2.75) is 10.9 Å². The predicted octanol–water partition coefficient (Wildman–Crippen LogP) is 3.48. The van der Waals surface area contributed by atoms with Gasteiger partial charge in [-0.2, -0.15) is 0 Å². The Kier molecular flexibility index (Phi) is 4.03. The Hall–Kier alpha value is -1.25. The third kappa shape index (κ3) is 3.12. The predicted molar refractivity (Wildman–Crippen MR) is 70.5 cm³/mol. The molecule has 2 heteroatoms. The van der Waals surface area contributed by atoms with E-state index in [0.29, 0.717) is 0 Å². The molecule has 1 nitrogen and oxygen atoms in total. The van der Waals surface area contributed by atoms with Crippen LogP contribution in [0.25, 0.3) is 0 Å². The molecule has 0 saturated heterocycles. The van der Waals surface area contributed by atoms with E-state index < -0.39 is 0 Å². The smallest absolute Gasteiger partial charge is 0.0390 e. The van der Waals surface area contributed by atoms with Crippen LogP contribution in [0.5, 0.6) is 0 Å². The molecule has 0 fully saturated rings. The summed E-state index contributed by atoms with van der Waals surface area (Å²) >= 11 is 1.80. The second-order valence-corrected chi connectivity index (χ2v) is 4.73. The maximum atomic E-state index is 6.12. The highest BCUT2D eigenvalue weighted by Gasteiger charge is 2.05. The van der Waals surface area contributed by atoms with Gasteiger partial charge >= 0.3 is 0 Å². The monoisotopic (exact) mass is 229 g/mol. The fourth-order valence-electron chi connectivity index (χ4n) is 1.50. The molecule has 0 aliphatic heterocycles. The zero-order valence-corrected chi connectivity index (χ0v) is 9.86. The largest absolute Gasteiger partial charge is 0.323 e. The third-order valence-electron chi connectivity index (χ3n) is 2.40. The molecule has 1 atom stereocenters. The number of rotatable bonds is 4. The average molecular weight is 229 g/mol. The first kappa shape index (κ1) is 11.2. The standard InChI is InChI=1S/C14H15NS/c15-14(12-7-3-1-4-8-12)11-16-13-9-5-2-6-10-13/h1-10,14H,11,15H2/t14-/m0/s1. The SMILES string of the molecule is N[C@@H](CSc1ccccc1)c1ccccc1. The van der Waals surface area contributed by atoms with Crippen LogP contribution < -0.4 is 5.73 Å². The number of hydrogen-bond acceptors (Lipinski definition) is 2. The molecule has 0 amide bonds. The van der Waals surface area contributed by atoms with Crippen molar-refractivity contribution in [3.05, 3.63) is 66.2 Å². The highest BCUT2D eigenvalue weighted by atomic mass is 32.2. The van der Waals surface area contributed by atoms with Gasteiger partial charge in [-0.1, -0.05) is 48.5 Å². The molecule has 0 aliphatic rings. The summed E-state index contributed by atoms with van der Waals surface area (Å²) in [7, 11) is 0. The Bertz CT molecular complexity index is 413. The molecule has 0 radical (unpaired) electrons. The molecule has 82 valence electrons. The lowest BCUT2D eigenvalue weighted by Crippen LogP contribution is -2.12. The Morgan fingerprint density at radius 2 is 1.44 bits per heavy atom. The normalized spacial score (nSPS) is 12.3. The van der Waals surface area contributed by atoms with Crippen molar-refractivity contribution < 1.29 is 0 Å². The second-order valence-electron chi connectivity index (χ2n) is 3.64. The number of nitrogens with two attached hydrogens (primary N) is 1. The lowest BCUT2D eigenvalue weighted by Gasteiger charge is -2.11. The van der Waals surface area contributed by atoms with Gasteiger partial charge in [-0.3, -0.25) is 0 Å². The van der Waals surface area contributed by atoms with Crippen LogP contribution in [0.4, 0.5) is 0 Å². The Labute approximate surface area is 101 Å². The molecule has 2 aromatic rings. The van der Waals surface area contributed by atoms with Crippen LogP contribution in [-0.4, -0.2) is 5.75 Å². The minimum Gasteiger partial charge on any atom is -0.323 e. The van der Waals surface area contributed by atoms with E-state index in [2.05, 4.69) is 36.4 Å². The quantitative estimate of drug-likeness (QED) is 0.812. The summed E-state index contributed by atoms with van der Waals surface area (Å²) in [5, 5.41) is 0. The van der Waals surface area contributed by atoms with Gasteiger partial charge in [-0.25, -0.2) is 0 Å². The fourth-order valence-corrected chi connectivity index (χ4v) is 2.41. The highest BCUT2D eigenvalue weighted by molar-refractivity contribution is 7.99. The van der Waals surface area contributed by atoms with Gasteiger partial charge < -0.3 is 5.73 Å². The van der Waals surface area contributed by atoms with Gasteiger partial charge in [0.05, 0.1) is 0 Å². The molecule has 0 bridgehead atoms. The summed E-state index contributed by atoms with van der Waals surface area (Å²) in [5.74, 6) is 0.911. The minimum atomic E-state index is 0.103. The van der Waals surface area contributed by atoms with Crippen molar-refractivity contribution in [3.63, 3.8) is 0 Å². The Morgan fingerprint density at radius 3 is 2.06 bits per heavy atom. The van der Waals surface area contributed by atoms with Crippen molar-refractivity contribution in [2.24, 2.45) is 5.73 Å². The van der Waals surface area contributed by atoms with E-state index in [-0.39, 0.29) is 6.04 Å². The fraction of sp³-hybridized carbons (Fsp3) is 0.143. The molecular weight excluding hydrogens is 214 g/mol. The third-order valence-corrected chi connectivity index (χ3v) is 3.53. The number of benzene rings is 2. The zero-order chi connectivity index (χ0) is 11.2. The van der Waals surface area contributed by atoms with Gasteiger partial charge in [0.15, 0.2) is 0 Å². The molecule has 2 aromatic carbocycles. The molecule has 0 spiro atoms. The van der Waals surface area contributed by atoms with Crippen LogP contribution in [0.3, 0.4) is 0 Å². The van der Waals surface area contributed by atoms with Gasteiger partial charge in [0.25, 0.3) is 0 Å². The summed E-state index contributed by atoms with van der Waals surface area (Å²) in [4.78, 5) is 1.27. The molecule has 0 saturated carbocycles. The van der Waals surface area contributed by atoms with Crippen molar-refractivity contribution in [3.8, 4) is 0 Å². The second kappa shape index (κ2) is 5.73. The number of thioether (sulfide) groups is 1. The van der Waals surface area contributed by atoms with E-state index in [1.165, 1.54) is 10.5 Å². The molecule has 16 heavy (non-hydrogen) atoms.